The number of rotatable bonds is 6. The molecule has 128 valence electrons. The van der Waals surface area contributed by atoms with Crippen molar-refractivity contribution in [3.63, 3.8) is 0 Å². The van der Waals surface area contributed by atoms with Crippen molar-refractivity contribution < 1.29 is 13.9 Å². The van der Waals surface area contributed by atoms with E-state index in [1.54, 1.807) is 36.4 Å². The molecular weight excluding hydrogens is 343 g/mol. The fourth-order valence-electron chi connectivity index (χ4n) is 2.15. The zero-order valence-corrected chi connectivity index (χ0v) is 14.1. The van der Waals surface area contributed by atoms with E-state index >= 15 is 0 Å². The van der Waals surface area contributed by atoms with Crippen LogP contribution in [0.3, 0.4) is 0 Å². The molecule has 0 aliphatic rings. The smallest absolute Gasteiger partial charge is 0.234 e. The van der Waals surface area contributed by atoms with Gasteiger partial charge < -0.3 is 10.1 Å². The fourth-order valence-corrected chi connectivity index (χ4v) is 2.75. The lowest BCUT2D eigenvalue weighted by Crippen LogP contribution is -2.14. The first-order valence-corrected chi connectivity index (χ1v) is 8.39. The number of amides is 1. The molecule has 1 aromatic heterocycles. The van der Waals surface area contributed by atoms with Crippen LogP contribution in [-0.4, -0.2) is 34.0 Å². The Balaban J connectivity index is 1.61. The first kappa shape index (κ1) is 17.0. The zero-order chi connectivity index (χ0) is 17.6. The summed E-state index contributed by atoms with van der Waals surface area (Å²) in [5, 5.41) is 9.82. The van der Waals surface area contributed by atoms with Crippen LogP contribution in [0.25, 0.3) is 11.4 Å². The lowest BCUT2D eigenvalue weighted by molar-refractivity contribution is -0.113. The van der Waals surface area contributed by atoms with Crippen molar-refractivity contribution in [1.29, 1.82) is 0 Å². The maximum Gasteiger partial charge on any atom is 0.234 e. The van der Waals surface area contributed by atoms with E-state index in [1.165, 1.54) is 13.2 Å². The zero-order valence-electron chi connectivity index (χ0n) is 13.3. The quantitative estimate of drug-likeness (QED) is 0.661. The molecule has 3 rings (SSSR count). The van der Waals surface area contributed by atoms with Gasteiger partial charge >= 0.3 is 0 Å². The van der Waals surface area contributed by atoms with Gasteiger partial charge in [0.15, 0.2) is 5.82 Å². The molecule has 0 bridgehead atoms. The highest BCUT2D eigenvalue weighted by molar-refractivity contribution is 7.99. The SMILES string of the molecule is COc1ccccc1NC(=O)CSc1n[nH]c(-c2ccccc2F)n1. The van der Waals surface area contributed by atoms with E-state index in [-0.39, 0.29) is 17.5 Å². The maximum absolute atomic E-state index is 13.7. The monoisotopic (exact) mass is 358 g/mol. The van der Waals surface area contributed by atoms with E-state index < -0.39 is 0 Å². The summed E-state index contributed by atoms with van der Waals surface area (Å²) in [5.41, 5.74) is 0.929. The summed E-state index contributed by atoms with van der Waals surface area (Å²) in [5.74, 6) is 0.425. The Morgan fingerprint density at radius 2 is 2.00 bits per heavy atom. The Labute approximate surface area is 147 Å². The number of aromatic nitrogens is 3. The molecule has 0 atom stereocenters. The summed E-state index contributed by atoms with van der Waals surface area (Å²) in [6.07, 6.45) is 0. The average Bonchev–Trinajstić information content (AvgIpc) is 3.09. The predicted molar refractivity (Wildman–Crippen MR) is 94.1 cm³/mol. The molecule has 8 heteroatoms. The molecule has 25 heavy (non-hydrogen) atoms. The number of nitrogens with zero attached hydrogens (tertiary/aromatic N) is 2. The Morgan fingerprint density at radius 3 is 2.80 bits per heavy atom. The summed E-state index contributed by atoms with van der Waals surface area (Å²) in [4.78, 5) is 16.3. The highest BCUT2D eigenvalue weighted by Gasteiger charge is 2.12. The van der Waals surface area contributed by atoms with Crippen LogP contribution in [0.15, 0.2) is 53.7 Å². The number of halogens is 1. The van der Waals surface area contributed by atoms with Crippen LogP contribution in [0.2, 0.25) is 0 Å². The number of hydrogen-bond donors (Lipinski definition) is 2. The summed E-state index contributed by atoms with van der Waals surface area (Å²) in [6.45, 7) is 0. The Hall–Kier alpha value is -2.87. The van der Waals surface area contributed by atoms with Gasteiger partial charge in [0.25, 0.3) is 0 Å². The number of aromatic amines is 1. The second-order valence-corrected chi connectivity index (χ2v) is 5.93. The Kier molecular flexibility index (Phi) is 5.30. The predicted octanol–water partition coefficient (Wildman–Crippen LogP) is 3.35. The second-order valence-electron chi connectivity index (χ2n) is 4.98. The lowest BCUT2D eigenvalue weighted by Gasteiger charge is -2.08. The molecule has 0 saturated carbocycles. The number of anilines is 1. The van der Waals surface area contributed by atoms with Crippen LogP contribution < -0.4 is 10.1 Å². The van der Waals surface area contributed by atoms with Crippen LogP contribution in [0.5, 0.6) is 5.75 Å². The number of carbonyl (C=O) groups is 1. The van der Waals surface area contributed by atoms with Crippen molar-refractivity contribution in [2.45, 2.75) is 5.16 Å². The van der Waals surface area contributed by atoms with Gasteiger partial charge in [0, 0.05) is 0 Å². The van der Waals surface area contributed by atoms with Gasteiger partial charge in [-0.15, -0.1) is 5.10 Å². The standard InChI is InChI=1S/C17H15FN4O2S/c1-24-14-9-5-4-8-13(14)19-15(23)10-25-17-20-16(21-22-17)11-6-2-3-7-12(11)18/h2-9H,10H2,1H3,(H,19,23)(H,20,21,22). The molecule has 0 fully saturated rings. The molecule has 1 heterocycles. The van der Waals surface area contributed by atoms with Crippen molar-refractivity contribution in [2.24, 2.45) is 0 Å². The van der Waals surface area contributed by atoms with E-state index in [0.717, 1.165) is 11.8 Å². The summed E-state index contributed by atoms with van der Waals surface area (Å²) >= 11 is 1.15. The first-order valence-electron chi connectivity index (χ1n) is 7.40. The van der Waals surface area contributed by atoms with Gasteiger partial charge in [-0.3, -0.25) is 9.89 Å². The Morgan fingerprint density at radius 1 is 1.24 bits per heavy atom. The van der Waals surface area contributed by atoms with Crippen LogP contribution in [0.1, 0.15) is 0 Å². The highest BCUT2D eigenvalue weighted by atomic mass is 32.2. The second kappa shape index (κ2) is 7.80. The van der Waals surface area contributed by atoms with Crippen molar-refractivity contribution in [3.8, 4) is 17.1 Å². The molecule has 0 spiro atoms. The molecule has 1 amide bonds. The molecule has 0 radical (unpaired) electrons. The number of carbonyl (C=O) groups excluding carboxylic acids is 1. The Bertz CT molecular complexity index is 884. The number of ether oxygens (including phenoxy) is 1. The summed E-state index contributed by atoms with van der Waals surface area (Å²) in [6, 6.07) is 13.4. The van der Waals surface area contributed by atoms with E-state index in [1.807, 2.05) is 6.07 Å². The first-order chi connectivity index (χ1) is 12.2. The third kappa shape index (κ3) is 4.16. The van der Waals surface area contributed by atoms with Gasteiger partial charge in [0.2, 0.25) is 11.1 Å². The van der Waals surface area contributed by atoms with Gasteiger partial charge in [0.05, 0.1) is 24.1 Å². The van der Waals surface area contributed by atoms with E-state index in [0.29, 0.717) is 28.0 Å². The molecule has 0 saturated heterocycles. The lowest BCUT2D eigenvalue weighted by atomic mass is 10.2. The number of H-pyrrole nitrogens is 1. The van der Waals surface area contributed by atoms with E-state index in [4.69, 9.17) is 4.74 Å². The highest BCUT2D eigenvalue weighted by Crippen LogP contribution is 2.24. The molecule has 3 aromatic rings. The van der Waals surface area contributed by atoms with E-state index in [9.17, 15) is 9.18 Å². The molecular formula is C17H15FN4O2S. The van der Waals surface area contributed by atoms with E-state index in [2.05, 4.69) is 20.5 Å². The largest absolute Gasteiger partial charge is 0.495 e. The molecule has 2 aromatic carbocycles. The summed E-state index contributed by atoms with van der Waals surface area (Å²) < 4.78 is 18.9. The number of benzene rings is 2. The van der Waals surface area contributed by atoms with Crippen LogP contribution in [-0.2, 0) is 4.79 Å². The van der Waals surface area contributed by atoms with Crippen molar-refractivity contribution in [3.05, 3.63) is 54.3 Å². The minimum absolute atomic E-state index is 0.118. The molecule has 2 N–H and O–H groups in total. The maximum atomic E-state index is 13.7. The van der Waals surface area contributed by atoms with Crippen LogP contribution in [0, 0.1) is 5.82 Å². The minimum atomic E-state index is -0.385. The van der Waals surface area contributed by atoms with Gasteiger partial charge in [-0.2, -0.15) is 0 Å². The summed E-state index contributed by atoms with van der Waals surface area (Å²) in [7, 11) is 1.54. The number of nitrogens with one attached hydrogen (secondary N) is 2. The van der Waals surface area contributed by atoms with Gasteiger partial charge in [0.1, 0.15) is 11.6 Å². The van der Waals surface area contributed by atoms with Gasteiger partial charge in [-0.1, -0.05) is 36.0 Å². The number of methoxy groups -OCH3 is 1. The van der Waals surface area contributed by atoms with Crippen LogP contribution >= 0.6 is 11.8 Å². The topological polar surface area (TPSA) is 79.9 Å². The minimum Gasteiger partial charge on any atom is -0.495 e. The molecule has 0 unspecified atom stereocenters. The van der Waals surface area contributed by atoms with Crippen molar-refractivity contribution in [1.82, 2.24) is 15.2 Å². The number of para-hydroxylation sites is 2. The van der Waals surface area contributed by atoms with Crippen molar-refractivity contribution in [2.75, 3.05) is 18.2 Å². The molecule has 0 aliphatic carbocycles. The van der Waals surface area contributed by atoms with Crippen LogP contribution in [0.4, 0.5) is 10.1 Å². The third-order valence-corrected chi connectivity index (χ3v) is 4.15. The molecule has 6 nitrogen and oxygen atoms in total. The normalized spacial score (nSPS) is 10.5. The fraction of sp³-hybridized carbons (Fsp3) is 0.118. The van der Waals surface area contributed by atoms with Gasteiger partial charge in [-0.05, 0) is 24.3 Å². The number of thioether (sulfide) groups is 1. The molecule has 0 aliphatic heterocycles. The third-order valence-electron chi connectivity index (χ3n) is 3.31. The van der Waals surface area contributed by atoms with Gasteiger partial charge in [-0.25, -0.2) is 9.37 Å². The van der Waals surface area contributed by atoms with Crippen molar-refractivity contribution >= 4 is 23.4 Å². The number of hydrogen-bond acceptors (Lipinski definition) is 5. The average molecular weight is 358 g/mol.